The largest absolute Gasteiger partial charge is 0.449 e. The number of furan rings is 1. The number of hydrogen-bond acceptors (Lipinski definition) is 3. The van der Waals surface area contributed by atoms with Crippen LogP contribution in [0.15, 0.2) is 52.9 Å². The van der Waals surface area contributed by atoms with Crippen LogP contribution in [0.25, 0.3) is 11.0 Å². The molecule has 0 unspecified atom stereocenters. The lowest BCUT2D eigenvalue weighted by Crippen LogP contribution is -2.17. The average molecular weight is 394 g/mol. The molecule has 2 aromatic carbocycles. The fraction of sp³-hybridized carbons (Fsp3) is 0.304. The molecule has 0 atom stereocenters. The summed E-state index contributed by atoms with van der Waals surface area (Å²) in [4.78, 5) is 25.3. The Morgan fingerprint density at radius 2 is 1.72 bits per heavy atom. The smallest absolute Gasteiger partial charge is 0.293 e. The van der Waals surface area contributed by atoms with Gasteiger partial charge < -0.3 is 15.1 Å². The van der Waals surface area contributed by atoms with Crippen molar-refractivity contribution in [3.05, 3.63) is 60.1 Å². The molecule has 0 radical (unpaired) electrons. The van der Waals surface area contributed by atoms with Crippen LogP contribution in [0, 0.1) is 11.7 Å². The summed E-state index contributed by atoms with van der Waals surface area (Å²) in [6, 6.07) is 12.6. The fourth-order valence-corrected chi connectivity index (χ4v) is 3.89. The normalized spacial score (nSPS) is 14.2. The van der Waals surface area contributed by atoms with Crippen molar-refractivity contribution < 1.29 is 18.4 Å². The highest BCUT2D eigenvalue weighted by Crippen LogP contribution is 2.32. The van der Waals surface area contributed by atoms with Gasteiger partial charge in [-0.2, -0.15) is 0 Å². The first-order valence-electron chi connectivity index (χ1n) is 9.98. The standard InChI is InChI=1S/C23H23FN2O3/c24-16-10-12-17(13-11-16)25-23(28)22-21(18-7-3-4-8-19(18)29-22)26-20(27)14-9-15-5-1-2-6-15/h3-4,7-8,10-13,15H,1-2,5-6,9,14H2,(H,25,28)(H,26,27). The van der Waals surface area contributed by atoms with Crippen LogP contribution in [-0.4, -0.2) is 11.8 Å². The van der Waals surface area contributed by atoms with E-state index in [4.69, 9.17) is 4.42 Å². The van der Waals surface area contributed by atoms with E-state index in [0.29, 0.717) is 34.7 Å². The SMILES string of the molecule is O=C(CCC1CCCC1)Nc1c(C(=O)Nc2ccc(F)cc2)oc2ccccc12. The van der Waals surface area contributed by atoms with Crippen LogP contribution >= 0.6 is 0 Å². The minimum Gasteiger partial charge on any atom is -0.449 e. The topological polar surface area (TPSA) is 71.3 Å². The van der Waals surface area contributed by atoms with Gasteiger partial charge in [-0.25, -0.2) is 4.39 Å². The summed E-state index contributed by atoms with van der Waals surface area (Å²) in [5.41, 5.74) is 1.33. The average Bonchev–Trinajstić information content (AvgIpc) is 3.36. The quantitative estimate of drug-likeness (QED) is 0.561. The van der Waals surface area contributed by atoms with E-state index >= 15 is 0 Å². The van der Waals surface area contributed by atoms with Gasteiger partial charge in [0.25, 0.3) is 5.91 Å². The molecular weight excluding hydrogens is 371 g/mol. The third kappa shape index (κ3) is 4.47. The number of para-hydroxylation sites is 1. The Bertz CT molecular complexity index is 1020. The molecule has 5 nitrogen and oxygen atoms in total. The van der Waals surface area contributed by atoms with Crippen LogP contribution in [0.1, 0.15) is 49.1 Å². The molecule has 2 N–H and O–H groups in total. The molecule has 0 bridgehead atoms. The van der Waals surface area contributed by atoms with Gasteiger partial charge in [0.15, 0.2) is 0 Å². The van der Waals surface area contributed by atoms with E-state index in [1.54, 1.807) is 18.2 Å². The van der Waals surface area contributed by atoms with Crippen molar-refractivity contribution in [3.63, 3.8) is 0 Å². The van der Waals surface area contributed by atoms with Gasteiger partial charge in [-0.3, -0.25) is 9.59 Å². The number of carbonyl (C=O) groups is 2. The highest BCUT2D eigenvalue weighted by Gasteiger charge is 2.23. The number of benzene rings is 2. The van der Waals surface area contributed by atoms with Gasteiger partial charge in [0.2, 0.25) is 11.7 Å². The van der Waals surface area contributed by atoms with Crippen molar-refractivity contribution in [1.82, 2.24) is 0 Å². The molecule has 1 fully saturated rings. The predicted octanol–water partition coefficient (Wildman–Crippen LogP) is 5.73. The van der Waals surface area contributed by atoms with Gasteiger partial charge in [0, 0.05) is 17.5 Å². The van der Waals surface area contributed by atoms with Crippen LogP contribution in [0.4, 0.5) is 15.8 Å². The number of carbonyl (C=O) groups excluding carboxylic acids is 2. The number of rotatable bonds is 6. The molecule has 0 saturated heterocycles. The number of halogens is 1. The second-order valence-corrected chi connectivity index (χ2v) is 7.50. The fourth-order valence-electron chi connectivity index (χ4n) is 3.89. The number of fused-ring (bicyclic) bond motifs is 1. The van der Waals surface area contributed by atoms with E-state index in [2.05, 4.69) is 10.6 Å². The number of hydrogen-bond donors (Lipinski definition) is 2. The van der Waals surface area contributed by atoms with E-state index in [0.717, 1.165) is 6.42 Å². The molecule has 29 heavy (non-hydrogen) atoms. The molecule has 150 valence electrons. The zero-order chi connectivity index (χ0) is 20.2. The van der Waals surface area contributed by atoms with Crippen molar-refractivity contribution in [1.29, 1.82) is 0 Å². The summed E-state index contributed by atoms with van der Waals surface area (Å²) in [6.45, 7) is 0. The monoisotopic (exact) mass is 394 g/mol. The number of amides is 2. The third-order valence-corrected chi connectivity index (χ3v) is 5.42. The minimum atomic E-state index is -0.501. The summed E-state index contributed by atoms with van der Waals surface area (Å²) < 4.78 is 18.8. The van der Waals surface area contributed by atoms with Crippen LogP contribution in [-0.2, 0) is 4.79 Å². The van der Waals surface area contributed by atoms with Gasteiger partial charge in [-0.1, -0.05) is 37.8 Å². The first-order chi connectivity index (χ1) is 14.1. The van der Waals surface area contributed by atoms with E-state index in [9.17, 15) is 14.0 Å². The molecule has 4 rings (SSSR count). The lowest BCUT2D eigenvalue weighted by atomic mass is 10.0. The van der Waals surface area contributed by atoms with E-state index in [-0.39, 0.29) is 17.5 Å². The first-order valence-corrected chi connectivity index (χ1v) is 9.98. The van der Waals surface area contributed by atoms with E-state index in [1.165, 1.54) is 49.9 Å². The lowest BCUT2D eigenvalue weighted by Gasteiger charge is -2.10. The highest BCUT2D eigenvalue weighted by atomic mass is 19.1. The summed E-state index contributed by atoms with van der Waals surface area (Å²) in [6.07, 6.45) is 6.14. The minimum absolute atomic E-state index is 0.0322. The molecule has 3 aromatic rings. The molecule has 1 aliphatic carbocycles. The maximum Gasteiger partial charge on any atom is 0.293 e. The number of nitrogens with one attached hydrogen (secondary N) is 2. The third-order valence-electron chi connectivity index (χ3n) is 5.42. The van der Waals surface area contributed by atoms with Gasteiger partial charge in [0.1, 0.15) is 17.1 Å². The Labute approximate surface area is 168 Å². The van der Waals surface area contributed by atoms with Crippen molar-refractivity contribution in [2.75, 3.05) is 10.6 Å². The van der Waals surface area contributed by atoms with Crippen LogP contribution in [0.3, 0.4) is 0 Å². The molecular formula is C23H23FN2O3. The number of anilines is 2. The van der Waals surface area contributed by atoms with Crippen LogP contribution in [0.2, 0.25) is 0 Å². The molecule has 1 heterocycles. The Hall–Kier alpha value is -3.15. The van der Waals surface area contributed by atoms with Gasteiger partial charge in [-0.15, -0.1) is 0 Å². The highest BCUT2D eigenvalue weighted by molar-refractivity contribution is 6.14. The molecule has 2 amide bonds. The second-order valence-electron chi connectivity index (χ2n) is 7.50. The molecule has 1 aliphatic rings. The van der Waals surface area contributed by atoms with Gasteiger partial charge >= 0.3 is 0 Å². The summed E-state index contributed by atoms with van der Waals surface area (Å²) in [5.74, 6) is -0.368. The Morgan fingerprint density at radius 1 is 1.00 bits per heavy atom. The summed E-state index contributed by atoms with van der Waals surface area (Å²) >= 11 is 0. The molecule has 0 aliphatic heterocycles. The van der Waals surface area contributed by atoms with Crippen LogP contribution < -0.4 is 10.6 Å². The lowest BCUT2D eigenvalue weighted by molar-refractivity contribution is -0.116. The second kappa shape index (κ2) is 8.47. The summed E-state index contributed by atoms with van der Waals surface area (Å²) in [7, 11) is 0. The van der Waals surface area contributed by atoms with Crippen molar-refractivity contribution in [2.24, 2.45) is 5.92 Å². The molecule has 1 saturated carbocycles. The Morgan fingerprint density at radius 3 is 2.48 bits per heavy atom. The van der Waals surface area contributed by atoms with E-state index < -0.39 is 5.91 Å². The maximum atomic E-state index is 13.1. The van der Waals surface area contributed by atoms with Crippen molar-refractivity contribution >= 4 is 34.2 Å². The van der Waals surface area contributed by atoms with Crippen molar-refractivity contribution in [3.8, 4) is 0 Å². The zero-order valence-electron chi connectivity index (χ0n) is 16.0. The zero-order valence-corrected chi connectivity index (χ0v) is 16.0. The van der Waals surface area contributed by atoms with Gasteiger partial charge in [-0.05, 0) is 48.7 Å². The van der Waals surface area contributed by atoms with E-state index in [1.807, 2.05) is 6.07 Å². The molecule has 0 spiro atoms. The predicted molar refractivity (Wildman–Crippen MR) is 110 cm³/mol. The van der Waals surface area contributed by atoms with Crippen LogP contribution in [0.5, 0.6) is 0 Å². The maximum absolute atomic E-state index is 13.1. The molecule has 6 heteroatoms. The van der Waals surface area contributed by atoms with Gasteiger partial charge in [0.05, 0.1) is 0 Å². The summed E-state index contributed by atoms with van der Waals surface area (Å²) in [5, 5.41) is 6.24. The first kappa shape index (κ1) is 19.2. The Kier molecular flexibility index (Phi) is 5.60. The molecule has 1 aromatic heterocycles. The van der Waals surface area contributed by atoms with Crippen molar-refractivity contribution in [2.45, 2.75) is 38.5 Å². The Balaban J connectivity index is 1.54.